The summed E-state index contributed by atoms with van der Waals surface area (Å²) in [5.41, 5.74) is 1.06. The monoisotopic (exact) mass is 276 g/mol. The van der Waals surface area contributed by atoms with Crippen molar-refractivity contribution in [3.8, 4) is 0 Å². The number of aromatic nitrogens is 2. The van der Waals surface area contributed by atoms with Crippen molar-refractivity contribution in [3.05, 3.63) is 33.6 Å². The van der Waals surface area contributed by atoms with Gasteiger partial charge in [0.1, 0.15) is 5.82 Å². The smallest absolute Gasteiger partial charge is 0.224 e. The predicted molar refractivity (Wildman–Crippen MR) is 82.2 cm³/mol. The van der Waals surface area contributed by atoms with Crippen molar-refractivity contribution in [1.29, 1.82) is 0 Å². The zero-order valence-electron chi connectivity index (χ0n) is 11.8. The third-order valence-corrected chi connectivity index (χ3v) is 3.90. The first-order valence-electron chi connectivity index (χ1n) is 6.41. The molecule has 5 heteroatoms. The molecule has 19 heavy (non-hydrogen) atoms. The molecule has 0 aliphatic rings. The quantitative estimate of drug-likeness (QED) is 0.880. The van der Waals surface area contributed by atoms with Gasteiger partial charge >= 0.3 is 0 Å². The second-order valence-electron chi connectivity index (χ2n) is 4.74. The first kappa shape index (κ1) is 13.8. The maximum absolute atomic E-state index is 4.45. The first-order chi connectivity index (χ1) is 9.08. The van der Waals surface area contributed by atoms with Gasteiger partial charge in [-0.2, -0.15) is 4.98 Å². The minimum atomic E-state index is 0.344. The van der Waals surface area contributed by atoms with E-state index >= 15 is 0 Å². The maximum atomic E-state index is 4.45. The lowest BCUT2D eigenvalue weighted by molar-refractivity contribution is 0.791. The lowest BCUT2D eigenvalue weighted by Crippen LogP contribution is -2.19. The summed E-state index contributed by atoms with van der Waals surface area (Å²) in [5, 5.41) is 6.42. The van der Waals surface area contributed by atoms with Crippen LogP contribution in [0.1, 0.15) is 22.2 Å². The molecule has 0 spiro atoms. The molecule has 2 rings (SSSR count). The topological polar surface area (TPSA) is 49.8 Å². The van der Waals surface area contributed by atoms with Crippen molar-refractivity contribution < 1.29 is 0 Å². The van der Waals surface area contributed by atoms with Crippen LogP contribution in [0.5, 0.6) is 0 Å². The van der Waals surface area contributed by atoms with E-state index in [1.807, 2.05) is 31.5 Å². The Morgan fingerprint density at radius 2 is 2.11 bits per heavy atom. The van der Waals surface area contributed by atoms with E-state index in [0.29, 0.717) is 12.0 Å². The lowest BCUT2D eigenvalue weighted by Gasteiger charge is -2.15. The van der Waals surface area contributed by atoms with E-state index in [-0.39, 0.29) is 0 Å². The van der Waals surface area contributed by atoms with Crippen LogP contribution in [0.15, 0.2) is 18.3 Å². The largest absolute Gasteiger partial charge is 0.367 e. The minimum absolute atomic E-state index is 0.344. The van der Waals surface area contributed by atoms with Crippen LogP contribution in [0.2, 0.25) is 0 Å². The molecule has 0 aliphatic heterocycles. The molecule has 4 nitrogen and oxygen atoms in total. The number of hydrogen-bond donors (Lipinski definition) is 2. The molecule has 0 amide bonds. The Hall–Kier alpha value is -1.62. The van der Waals surface area contributed by atoms with Gasteiger partial charge in [0.25, 0.3) is 0 Å². The highest BCUT2D eigenvalue weighted by atomic mass is 32.1. The second kappa shape index (κ2) is 6.02. The molecule has 0 saturated carbocycles. The zero-order chi connectivity index (χ0) is 13.8. The van der Waals surface area contributed by atoms with E-state index < -0.39 is 0 Å². The number of thiophene rings is 1. The summed E-state index contributed by atoms with van der Waals surface area (Å²) in [5.74, 6) is 1.55. The van der Waals surface area contributed by atoms with Crippen LogP contribution >= 0.6 is 11.3 Å². The molecule has 102 valence electrons. The second-order valence-corrected chi connectivity index (χ2v) is 6.11. The van der Waals surface area contributed by atoms with E-state index in [1.165, 1.54) is 9.75 Å². The van der Waals surface area contributed by atoms with Gasteiger partial charge in [-0.05, 0) is 32.9 Å². The van der Waals surface area contributed by atoms with Crippen LogP contribution in [0.4, 0.5) is 11.8 Å². The Bertz CT molecular complexity index is 550. The molecule has 2 N–H and O–H groups in total. The van der Waals surface area contributed by atoms with Gasteiger partial charge in [-0.25, -0.2) is 4.98 Å². The van der Waals surface area contributed by atoms with Crippen LogP contribution in [-0.2, 0) is 6.42 Å². The van der Waals surface area contributed by atoms with Gasteiger partial charge in [0.2, 0.25) is 5.95 Å². The Labute approximate surface area is 118 Å². The van der Waals surface area contributed by atoms with Crippen LogP contribution in [0.3, 0.4) is 0 Å². The number of hydrogen-bond acceptors (Lipinski definition) is 5. The number of aryl methyl sites for hydroxylation is 2. The van der Waals surface area contributed by atoms with Crippen molar-refractivity contribution in [2.24, 2.45) is 0 Å². The van der Waals surface area contributed by atoms with Gasteiger partial charge in [0.05, 0.1) is 0 Å². The Kier molecular flexibility index (Phi) is 4.37. The summed E-state index contributed by atoms with van der Waals surface area (Å²) >= 11 is 1.85. The fourth-order valence-corrected chi connectivity index (χ4v) is 2.91. The molecule has 0 fully saturated rings. The van der Waals surface area contributed by atoms with Gasteiger partial charge in [-0.15, -0.1) is 11.3 Å². The third-order valence-electron chi connectivity index (χ3n) is 2.88. The third kappa shape index (κ3) is 3.67. The normalized spacial score (nSPS) is 12.2. The molecule has 2 aromatic heterocycles. The summed E-state index contributed by atoms with van der Waals surface area (Å²) in [6.07, 6.45) is 2.85. The van der Waals surface area contributed by atoms with Gasteiger partial charge < -0.3 is 10.6 Å². The molecule has 0 aliphatic carbocycles. The molecule has 2 aromatic rings. The van der Waals surface area contributed by atoms with E-state index in [2.05, 4.69) is 46.6 Å². The van der Waals surface area contributed by atoms with Crippen molar-refractivity contribution in [2.75, 3.05) is 17.7 Å². The number of anilines is 2. The van der Waals surface area contributed by atoms with Gasteiger partial charge in [0, 0.05) is 41.0 Å². The van der Waals surface area contributed by atoms with Crippen molar-refractivity contribution >= 4 is 23.1 Å². The molecule has 0 saturated heterocycles. The molecule has 0 aromatic carbocycles. The number of nitrogens with zero attached hydrogens (tertiary/aromatic N) is 2. The average molecular weight is 276 g/mol. The van der Waals surface area contributed by atoms with Crippen LogP contribution in [0.25, 0.3) is 0 Å². The van der Waals surface area contributed by atoms with Crippen molar-refractivity contribution in [3.63, 3.8) is 0 Å². The fourth-order valence-electron chi connectivity index (χ4n) is 1.89. The Morgan fingerprint density at radius 3 is 2.74 bits per heavy atom. The van der Waals surface area contributed by atoms with Gasteiger partial charge in [0.15, 0.2) is 0 Å². The highest BCUT2D eigenvalue weighted by Crippen LogP contribution is 2.19. The van der Waals surface area contributed by atoms with Crippen LogP contribution in [0, 0.1) is 13.8 Å². The molecule has 0 radical (unpaired) electrons. The predicted octanol–water partition coefficient (Wildman–Crippen LogP) is 3.24. The van der Waals surface area contributed by atoms with Gasteiger partial charge in [-0.1, -0.05) is 0 Å². The maximum Gasteiger partial charge on any atom is 0.224 e. The van der Waals surface area contributed by atoms with Crippen molar-refractivity contribution in [2.45, 2.75) is 33.2 Å². The minimum Gasteiger partial charge on any atom is -0.367 e. The van der Waals surface area contributed by atoms with Crippen LogP contribution in [-0.4, -0.2) is 23.1 Å². The summed E-state index contributed by atoms with van der Waals surface area (Å²) in [6, 6.07) is 4.71. The van der Waals surface area contributed by atoms with E-state index in [9.17, 15) is 0 Å². The molecule has 1 unspecified atom stereocenters. The average Bonchev–Trinajstić information content (AvgIpc) is 2.77. The SMILES string of the molecule is CNc1ncc(C)c(NC(C)Cc2ccc(C)s2)n1. The summed E-state index contributed by atoms with van der Waals surface area (Å²) in [4.78, 5) is 11.4. The lowest BCUT2D eigenvalue weighted by atomic mass is 10.2. The first-order valence-corrected chi connectivity index (χ1v) is 7.23. The number of nitrogens with one attached hydrogen (secondary N) is 2. The van der Waals surface area contributed by atoms with E-state index in [0.717, 1.165) is 17.8 Å². The van der Waals surface area contributed by atoms with Gasteiger partial charge in [-0.3, -0.25) is 0 Å². The fraction of sp³-hybridized carbons (Fsp3) is 0.429. The summed E-state index contributed by atoms with van der Waals surface area (Å²) in [6.45, 7) is 6.33. The zero-order valence-corrected chi connectivity index (χ0v) is 12.6. The number of rotatable bonds is 5. The summed E-state index contributed by atoms with van der Waals surface area (Å²) in [7, 11) is 1.83. The van der Waals surface area contributed by atoms with E-state index in [1.54, 1.807) is 0 Å². The molecular formula is C14H20N4S. The van der Waals surface area contributed by atoms with E-state index in [4.69, 9.17) is 0 Å². The standard InChI is InChI=1S/C14H20N4S/c1-9-8-16-14(15-4)18-13(9)17-10(2)7-12-6-5-11(3)19-12/h5-6,8,10H,7H2,1-4H3,(H2,15,16,17,18). The Morgan fingerprint density at radius 1 is 1.32 bits per heavy atom. The molecular weight excluding hydrogens is 256 g/mol. The summed E-state index contributed by atoms with van der Waals surface area (Å²) < 4.78 is 0. The molecule has 1 atom stereocenters. The molecule has 2 heterocycles. The highest BCUT2D eigenvalue weighted by Gasteiger charge is 2.09. The van der Waals surface area contributed by atoms with Crippen LogP contribution < -0.4 is 10.6 Å². The Balaban J connectivity index is 2.03. The van der Waals surface area contributed by atoms with Crippen molar-refractivity contribution in [1.82, 2.24) is 9.97 Å². The molecule has 0 bridgehead atoms. The highest BCUT2D eigenvalue weighted by molar-refractivity contribution is 7.11.